The quantitative estimate of drug-likeness (QED) is 0.482. The van der Waals surface area contributed by atoms with Gasteiger partial charge in [-0.1, -0.05) is 12.1 Å². The molecule has 2 amide bonds. The maximum atomic E-state index is 13.3. The average molecular weight is 550 g/mol. The first-order chi connectivity index (χ1) is 18.1. The average Bonchev–Trinajstić information content (AvgIpc) is 3.46. The van der Waals surface area contributed by atoms with Gasteiger partial charge in [0, 0.05) is 29.7 Å². The number of carbonyl (C=O) groups is 3. The van der Waals surface area contributed by atoms with E-state index in [1.807, 2.05) is 20.8 Å². The molecule has 1 aromatic heterocycles. The molecule has 3 N–H and O–H groups in total. The van der Waals surface area contributed by atoms with E-state index in [-0.39, 0.29) is 23.2 Å². The van der Waals surface area contributed by atoms with Crippen molar-refractivity contribution in [2.75, 3.05) is 6.54 Å². The summed E-state index contributed by atoms with van der Waals surface area (Å²) in [5.74, 6) is -2.01. The number of alkyl halides is 3. The molecule has 1 saturated carbocycles. The first kappa shape index (κ1) is 28.7. The number of halogens is 3. The molecule has 1 aliphatic heterocycles. The second kappa shape index (κ2) is 10.3. The van der Waals surface area contributed by atoms with Crippen molar-refractivity contribution in [2.45, 2.75) is 83.2 Å². The Morgan fingerprint density at radius 3 is 2.33 bits per heavy atom. The molecule has 0 radical (unpaired) electrons. The van der Waals surface area contributed by atoms with Gasteiger partial charge in [0.1, 0.15) is 6.04 Å². The number of carboxylic acids is 1. The summed E-state index contributed by atoms with van der Waals surface area (Å²) in [7, 11) is 0. The molecule has 8 nitrogen and oxygen atoms in total. The number of carbonyl (C=O) groups excluding carboxylic acids is 2. The predicted octanol–water partition coefficient (Wildman–Crippen LogP) is 4.70. The normalized spacial score (nSPS) is 26.1. The maximum Gasteiger partial charge on any atom is 0.416 e. The Kier molecular flexibility index (Phi) is 7.59. The largest absolute Gasteiger partial charge is 0.481 e. The Morgan fingerprint density at radius 1 is 1.08 bits per heavy atom. The highest BCUT2D eigenvalue weighted by Gasteiger charge is 2.52. The van der Waals surface area contributed by atoms with Gasteiger partial charge in [-0.25, -0.2) is 0 Å². The molecule has 4 atom stereocenters. The van der Waals surface area contributed by atoms with Crippen LogP contribution in [0.25, 0.3) is 11.1 Å². The van der Waals surface area contributed by atoms with Crippen molar-refractivity contribution in [2.24, 2.45) is 5.41 Å². The topological polar surface area (TPSA) is 112 Å². The minimum Gasteiger partial charge on any atom is -0.481 e. The van der Waals surface area contributed by atoms with Gasteiger partial charge in [-0.2, -0.15) is 13.2 Å². The van der Waals surface area contributed by atoms with Crippen LogP contribution in [0.5, 0.6) is 0 Å². The maximum absolute atomic E-state index is 13.3. The highest BCUT2D eigenvalue weighted by Crippen LogP contribution is 2.41. The summed E-state index contributed by atoms with van der Waals surface area (Å²) < 4.78 is 43.8. The van der Waals surface area contributed by atoms with Gasteiger partial charge in [-0.05, 0) is 77.1 Å². The Morgan fingerprint density at radius 2 is 1.74 bits per heavy atom. The second-order valence-electron chi connectivity index (χ2n) is 11.7. The number of aliphatic carboxylic acids is 1. The zero-order valence-electron chi connectivity index (χ0n) is 22.4. The summed E-state index contributed by atoms with van der Waals surface area (Å²) in [6.45, 7) is 8.09. The Labute approximate surface area is 224 Å². The van der Waals surface area contributed by atoms with Crippen LogP contribution in [-0.2, 0) is 15.8 Å². The molecule has 1 aromatic carbocycles. The molecule has 1 aliphatic carbocycles. The van der Waals surface area contributed by atoms with Crippen LogP contribution in [0, 0.1) is 5.41 Å². The van der Waals surface area contributed by atoms with E-state index in [2.05, 4.69) is 10.6 Å². The molecule has 2 aliphatic rings. The van der Waals surface area contributed by atoms with Gasteiger partial charge >= 0.3 is 12.1 Å². The van der Waals surface area contributed by atoms with Crippen LogP contribution in [0.3, 0.4) is 0 Å². The van der Waals surface area contributed by atoms with E-state index < -0.39 is 41.1 Å². The zero-order valence-corrected chi connectivity index (χ0v) is 22.4. The standard InChI is InChI=1S/C28H34F3N3O5/c1-26(2,3)33-19-9-10-22(27(4,14-19)25(37)38)34-12-11-20(24(34)36)32-23(35)21-13-17(15-39-21)16-5-7-18(8-6-16)28(29,30)31/h5-8,13,15,19-20,22,33H,9-12,14H2,1-4H3,(H,32,35)(H,37,38)/t19-,20?,22+,27-/m1/s1. The molecule has 39 heavy (non-hydrogen) atoms. The lowest BCUT2D eigenvalue weighted by molar-refractivity contribution is -0.158. The fourth-order valence-corrected chi connectivity index (χ4v) is 5.73. The molecule has 1 saturated heterocycles. The number of nitrogens with zero attached hydrogens (tertiary/aromatic N) is 1. The van der Waals surface area contributed by atoms with Crippen LogP contribution in [0.4, 0.5) is 13.2 Å². The second-order valence-corrected chi connectivity index (χ2v) is 11.7. The molecule has 212 valence electrons. The molecule has 0 bridgehead atoms. The van der Waals surface area contributed by atoms with Crippen molar-refractivity contribution in [3.63, 3.8) is 0 Å². The molecule has 11 heteroatoms. The van der Waals surface area contributed by atoms with E-state index in [4.69, 9.17) is 4.42 Å². The molecular formula is C28H34F3N3O5. The molecule has 2 aromatic rings. The van der Waals surface area contributed by atoms with Crippen molar-refractivity contribution in [1.29, 1.82) is 0 Å². The molecule has 2 fully saturated rings. The predicted molar refractivity (Wildman–Crippen MR) is 137 cm³/mol. The molecule has 0 spiro atoms. The van der Waals surface area contributed by atoms with Gasteiger partial charge in [0.05, 0.1) is 17.2 Å². The lowest BCUT2D eigenvalue weighted by atomic mass is 9.68. The number of hydrogen-bond acceptors (Lipinski definition) is 5. The van der Waals surface area contributed by atoms with Gasteiger partial charge in [0.15, 0.2) is 5.76 Å². The van der Waals surface area contributed by atoms with E-state index in [1.54, 1.807) is 11.8 Å². The van der Waals surface area contributed by atoms with E-state index in [0.717, 1.165) is 18.6 Å². The van der Waals surface area contributed by atoms with Crippen LogP contribution in [0.15, 0.2) is 41.0 Å². The fraction of sp³-hybridized carbons (Fsp3) is 0.536. The van der Waals surface area contributed by atoms with Gasteiger partial charge < -0.3 is 25.1 Å². The van der Waals surface area contributed by atoms with Crippen LogP contribution in [0.2, 0.25) is 0 Å². The number of carboxylic acid groups (broad SMARTS) is 1. The highest BCUT2D eigenvalue weighted by atomic mass is 19.4. The van der Waals surface area contributed by atoms with Crippen LogP contribution in [-0.4, -0.2) is 58.0 Å². The SMILES string of the molecule is CC(C)(C)N[C@@H]1CC[C@H](N2CCC(NC(=O)c3cc(-c4ccc(C(F)(F)F)cc4)co3)C2=O)[C@](C)(C(=O)O)C1. The van der Waals surface area contributed by atoms with E-state index in [9.17, 15) is 32.7 Å². The third-order valence-corrected chi connectivity index (χ3v) is 7.61. The molecule has 4 rings (SSSR count). The monoisotopic (exact) mass is 549 g/mol. The smallest absolute Gasteiger partial charge is 0.416 e. The van der Waals surface area contributed by atoms with Gasteiger partial charge in [0.25, 0.3) is 5.91 Å². The number of furan rings is 1. The number of benzene rings is 1. The Bertz CT molecular complexity index is 1230. The third-order valence-electron chi connectivity index (χ3n) is 7.61. The van der Waals surface area contributed by atoms with Gasteiger partial charge in [0.2, 0.25) is 5.91 Å². The van der Waals surface area contributed by atoms with Crippen molar-refractivity contribution in [3.05, 3.63) is 47.9 Å². The Hall–Kier alpha value is -3.34. The zero-order chi connectivity index (χ0) is 28.8. The minimum atomic E-state index is -4.45. The highest BCUT2D eigenvalue weighted by molar-refractivity contribution is 5.97. The number of hydrogen-bond donors (Lipinski definition) is 3. The lowest BCUT2D eigenvalue weighted by Gasteiger charge is -2.47. The van der Waals surface area contributed by atoms with Crippen molar-refractivity contribution >= 4 is 17.8 Å². The third kappa shape index (κ3) is 6.13. The first-order valence-corrected chi connectivity index (χ1v) is 13.0. The Balaban J connectivity index is 1.42. The minimum absolute atomic E-state index is 0.00775. The van der Waals surface area contributed by atoms with Crippen LogP contribution >= 0.6 is 0 Å². The van der Waals surface area contributed by atoms with E-state index >= 15 is 0 Å². The molecular weight excluding hydrogens is 515 g/mol. The molecule has 1 unspecified atom stereocenters. The number of rotatable bonds is 6. The summed E-state index contributed by atoms with van der Waals surface area (Å²) in [6.07, 6.45) is -1.23. The number of nitrogens with one attached hydrogen (secondary N) is 2. The molecule has 2 heterocycles. The summed E-state index contributed by atoms with van der Waals surface area (Å²) in [5.41, 5.74) is -1.24. The summed E-state index contributed by atoms with van der Waals surface area (Å²) in [5, 5.41) is 16.3. The van der Waals surface area contributed by atoms with Crippen LogP contribution in [0.1, 0.15) is 69.5 Å². The summed E-state index contributed by atoms with van der Waals surface area (Å²) in [6, 6.07) is 4.56. The van der Waals surface area contributed by atoms with E-state index in [0.29, 0.717) is 36.9 Å². The summed E-state index contributed by atoms with van der Waals surface area (Å²) >= 11 is 0. The number of amides is 2. The van der Waals surface area contributed by atoms with Crippen molar-refractivity contribution in [1.82, 2.24) is 15.5 Å². The summed E-state index contributed by atoms with van der Waals surface area (Å²) in [4.78, 5) is 40.1. The number of likely N-dealkylation sites (tertiary alicyclic amines) is 1. The first-order valence-electron chi connectivity index (χ1n) is 13.0. The fourth-order valence-electron chi connectivity index (χ4n) is 5.73. The van der Waals surface area contributed by atoms with Crippen molar-refractivity contribution in [3.8, 4) is 11.1 Å². The van der Waals surface area contributed by atoms with Crippen LogP contribution < -0.4 is 10.6 Å². The van der Waals surface area contributed by atoms with Crippen molar-refractivity contribution < 1.29 is 37.1 Å². The van der Waals surface area contributed by atoms with E-state index in [1.165, 1.54) is 24.5 Å². The van der Waals surface area contributed by atoms with Gasteiger partial charge in [-0.15, -0.1) is 0 Å². The van der Waals surface area contributed by atoms with Gasteiger partial charge in [-0.3, -0.25) is 14.4 Å². The lowest BCUT2D eigenvalue weighted by Crippen LogP contribution is -2.59.